The molecule has 0 saturated carbocycles. The van der Waals surface area contributed by atoms with Gasteiger partial charge < -0.3 is 10.2 Å². The number of hydrogen-bond donors (Lipinski definition) is 1. The molecule has 1 unspecified atom stereocenters. The summed E-state index contributed by atoms with van der Waals surface area (Å²) in [7, 11) is 1.85. The first-order chi connectivity index (χ1) is 8.06. The third-order valence-corrected chi connectivity index (χ3v) is 3.64. The fraction of sp³-hybridized carbons (Fsp3) is 0.667. The number of rotatable bonds is 6. The van der Waals surface area contributed by atoms with Gasteiger partial charge in [-0.15, -0.1) is 11.3 Å². The zero-order valence-corrected chi connectivity index (χ0v) is 11.8. The summed E-state index contributed by atoms with van der Waals surface area (Å²) < 4.78 is 0. The highest BCUT2D eigenvalue weighted by atomic mass is 32.1. The lowest BCUT2D eigenvalue weighted by molar-refractivity contribution is -0.134. The summed E-state index contributed by atoms with van der Waals surface area (Å²) in [5.41, 5.74) is 2.85. The average Bonchev–Trinajstić information content (AvgIpc) is 2.70. The molecule has 1 amide bonds. The van der Waals surface area contributed by atoms with E-state index >= 15 is 0 Å². The molecule has 1 atom stereocenters. The number of aryl methyl sites for hydroxylation is 1. The van der Waals surface area contributed by atoms with Gasteiger partial charge >= 0.3 is 0 Å². The van der Waals surface area contributed by atoms with Crippen LogP contribution < -0.4 is 5.32 Å². The fourth-order valence-corrected chi connectivity index (χ4v) is 2.43. The van der Waals surface area contributed by atoms with E-state index in [9.17, 15) is 4.79 Å². The molecule has 1 N–H and O–H groups in total. The second-order valence-corrected chi connectivity index (χ2v) is 5.20. The van der Waals surface area contributed by atoms with Gasteiger partial charge in [0.15, 0.2) is 0 Å². The normalized spacial score (nSPS) is 12.5. The standard InChI is InChI=1S/C12H21N3OS/c1-5-13-6-9(2)12(16)15(4)7-11-10(3)14-8-17-11/h8-9,13H,5-7H2,1-4H3. The lowest BCUT2D eigenvalue weighted by Crippen LogP contribution is -2.36. The quantitative estimate of drug-likeness (QED) is 0.841. The smallest absolute Gasteiger partial charge is 0.226 e. The predicted octanol–water partition coefficient (Wildman–Crippen LogP) is 1.66. The highest BCUT2D eigenvalue weighted by Gasteiger charge is 2.18. The number of thiazole rings is 1. The monoisotopic (exact) mass is 255 g/mol. The van der Waals surface area contributed by atoms with Crippen LogP contribution in [0.25, 0.3) is 0 Å². The molecular weight excluding hydrogens is 234 g/mol. The molecule has 4 nitrogen and oxygen atoms in total. The van der Waals surface area contributed by atoms with Crippen molar-refractivity contribution >= 4 is 17.2 Å². The van der Waals surface area contributed by atoms with Gasteiger partial charge in [-0.05, 0) is 13.5 Å². The van der Waals surface area contributed by atoms with Gasteiger partial charge in [0.05, 0.1) is 17.7 Å². The summed E-state index contributed by atoms with van der Waals surface area (Å²) in [6.07, 6.45) is 0. The SMILES string of the molecule is CCNCC(C)C(=O)N(C)Cc1scnc1C. The molecule has 0 aliphatic heterocycles. The Labute approximate surface area is 107 Å². The van der Waals surface area contributed by atoms with Crippen LogP contribution >= 0.6 is 11.3 Å². The Hall–Kier alpha value is -0.940. The van der Waals surface area contributed by atoms with Crippen molar-refractivity contribution in [1.82, 2.24) is 15.2 Å². The third-order valence-electron chi connectivity index (χ3n) is 2.72. The molecular formula is C12H21N3OS. The third kappa shape index (κ3) is 4.09. The van der Waals surface area contributed by atoms with Crippen LogP contribution in [0.15, 0.2) is 5.51 Å². The van der Waals surface area contributed by atoms with E-state index in [2.05, 4.69) is 10.3 Å². The van der Waals surface area contributed by atoms with E-state index in [0.29, 0.717) is 6.54 Å². The number of carbonyl (C=O) groups is 1. The first-order valence-corrected chi connectivity index (χ1v) is 6.78. The van der Waals surface area contributed by atoms with E-state index in [-0.39, 0.29) is 11.8 Å². The van der Waals surface area contributed by atoms with E-state index in [1.165, 1.54) is 0 Å². The van der Waals surface area contributed by atoms with Gasteiger partial charge in [-0.3, -0.25) is 4.79 Å². The van der Waals surface area contributed by atoms with Crippen molar-refractivity contribution in [2.45, 2.75) is 27.3 Å². The van der Waals surface area contributed by atoms with Crippen molar-refractivity contribution in [3.05, 3.63) is 16.1 Å². The molecule has 0 radical (unpaired) electrons. The second-order valence-electron chi connectivity index (χ2n) is 4.26. The van der Waals surface area contributed by atoms with E-state index in [4.69, 9.17) is 0 Å². The van der Waals surface area contributed by atoms with Gasteiger partial charge in [0, 0.05) is 24.4 Å². The van der Waals surface area contributed by atoms with Gasteiger partial charge in [-0.25, -0.2) is 4.98 Å². The molecule has 0 saturated heterocycles. The highest BCUT2D eigenvalue weighted by Crippen LogP contribution is 2.15. The molecule has 96 valence electrons. The van der Waals surface area contributed by atoms with Crippen LogP contribution in [0.4, 0.5) is 0 Å². The van der Waals surface area contributed by atoms with Crippen molar-refractivity contribution in [2.24, 2.45) is 5.92 Å². The summed E-state index contributed by atoms with van der Waals surface area (Å²) in [6, 6.07) is 0. The van der Waals surface area contributed by atoms with Gasteiger partial charge in [-0.1, -0.05) is 13.8 Å². The number of hydrogen-bond acceptors (Lipinski definition) is 4. The Morgan fingerprint density at radius 2 is 2.35 bits per heavy atom. The Bertz CT molecular complexity index is 364. The number of nitrogens with zero attached hydrogens (tertiary/aromatic N) is 2. The average molecular weight is 255 g/mol. The molecule has 0 aliphatic rings. The van der Waals surface area contributed by atoms with Gasteiger partial charge in [0.25, 0.3) is 0 Å². The summed E-state index contributed by atoms with van der Waals surface area (Å²) >= 11 is 1.60. The molecule has 0 aliphatic carbocycles. The van der Waals surface area contributed by atoms with Crippen molar-refractivity contribution in [3.8, 4) is 0 Å². The number of amides is 1. The minimum atomic E-state index is 0.0215. The molecule has 17 heavy (non-hydrogen) atoms. The molecule has 1 rings (SSSR count). The van der Waals surface area contributed by atoms with Crippen LogP contribution in [-0.4, -0.2) is 35.9 Å². The predicted molar refractivity (Wildman–Crippen MR) is 71.0 cm³/mol. The summed E-state index contributed by atoms with van der Waals surface area (Å²) in [4.78, 5) is 19.2. The summed E-state index contributed by atoms with van der Waals surface area (Å²) in [5, 5.41) is 3.20. The van der Waals surface area contributed by atoms with Crippen LogP contribution in [0.1, 0.15) is 24.4 Å². The van der Waals surface area contributed by atoms with Gasteiger partial charge in [0.1, 0.15) is 0 Å². The summed E-state index contributed by atoms with van der Waals surface area (Å²) in [5.74, 6) is 0.201. The lowest BCUT2D eigenvalue weighted by atomic mass is 10.1. The van der Waals surface area contributed by atoms with Crippen LogP contribution in [0.2, 0.25) is 0 Å². The van der Waals surface area contributed by atoms with Gasteiger partial charge in [-0.2, -0.15) is 0 Å². The van der Waals surface area contributed by atoms with Gasteiger partial charge in [0.2, 0.25) is 5.91 Å². The van der Waals surface area contributed by atoms with E-state index < -0.39 is 0 Å². The van der Waals surface area contributed by atoms with E-state index in [1.54, 1.807) is 16.2 Å². The second kappa shape index (κ2) is 6.71. The molecule has 0 aromatic carbocycles. The Kier molecular flexibility index (Phi) is 5.58. The van der Waals surface area contributed by atoms with Crippen molar-refractivity contribution in [2.75, 3.05) is 20.1 Å². The minimum absolute atomic E-state index is 0.0215. The lowest BCUT2D eigenvalue weighted by Gasteiger charge is -2.21. The van der Waals surface area contributed by atoms with Crippen LogP contribution in [0.3, 0.4) is 0 Å². The maximum Gasteiger partial charge on any atom is 0.226 e. The van der Waals surface area contributed by atoms with Crippen molar-refractivity contribution < 1.29 is 4.79 Å². The number of nitrogens with one attached hydrogen (secondary N) is 1. The Balaban J connectivity index is 2.49. The highest BCUT2D eigenvalue weighted by molar-refractivity contribution is 7.09. The van der Waals surface area contributed by atoms with Crippen LogP contribution in [0.5, 0.6) is 0 Å². The number of aromatic nitrogens is 1. The zero-order valence-electron chi connectivity index (χ0n) is 11.0. The van der Waals surface area contributed by atoms with Crippen molar-refractivity contribution in [3.63, 3.8) is 0 Å². The molecule has 1 heterocycles. The first-order valence-electron chi connectivity index (χ1n) is 5.90. The number of carbonyl (C=O) groups excluding carboxylic acids is 1. The maximum absolute atomic E-state index is 12.1. The summed E-state index contributed by atoms with van der Waals surface area (Å²) in [6.45, 7) is 8.28. The molecule has 0 fully saturated rings. The molecule has 1 aromatic heterocycles. The van der Waals surface area contributed by atoms with E-state index in [0.717, 1.165) is 23.7 Å². The zero-order chi connectivity index (χ0) is 12.8. The molecule has 0 bridgehead atoms. The Morgan fingerprint density at radius 1 is 1.65 bits per heavy atom. The van der Waals surface area contributed by atoms with Crippen LogP contribution in [0, 0.1) is 12.8 Å². The molecule has 0 spiro atoms. The fourth-order valence-electron chi connectivity index (χ4n) is 1.60. The minimum Gasteiger partial charge on any atom is -0.340 e. The molecule has 5 heteroatoms. The Morgan fingerprint density at radius 3 is 2.88 bits per heavy atom. The first kappa shape index (κ1) is 14.1. The molecule has 1 aromatic rings. The van der Waals surface area contributed by atoms with Crippen LogP contribution in [-0.2, 0) is 11.3 Å². The maximum atomic E-state index is 12.1. The largest absolute Gasteiger partial charge is 0.340 e. The van der Waals surface area contributed by atoms with E-state index in [1.807, 2.05) is 33.3 Å². The topological polar surface area (TPSA) is 45.2 Å². The van der Waals surface area contributed by atoms with Crippen molar-refractivity contribution in [1.29, 1.82) is 0 Å².